The van der Waals surface area contributed by atoms with Crippen molar-refractivity contribution in [1.29, 1.82) is 0 Å². The number of rotatable bonds is 5. The minimum Gasteiger partial charge on any atom is -0.494 e. The zero-order chi connectivity index (χ0) is 13.0. The number of fused-ring (bicyclic) bond motifs is 1. The summed E-state index contributed by atoms with van der Waals surface area (Å²) < 4.78 is 5.67. The molecule has 0 fully saturated rings. The van der Waals surface area contributed by atoms with Gasteiger partial charge in [-0.2, -0.15) is 0 Å². The maximum absolute atomic E-state index is 11.4. The Morgan fingerprint density at radius 2 is 1.89 bits per heavy atom. The van der Waals surface area contributed by atoms with Crippen molar-refractivity contribution in [2.24, 2.45) is 0 Å². The highest BCUT2D eigenvalue weighted by Crippen LogP contribution is 2.22. The van der Waals surface area contributed by atoms with Crippen LogP contribution in [0.25, 0.3) is 10.8 Å². The Kier molecular flexibility index (Phi) is 3.98. The van der Waals surface area contributed by atoms with E-state index in [1.807, 2.05) is 36.4 Å². The Hall–Kier alpha value is -1.83. The topological polar surface area (TPSA) is 26.3 Å². The molecule has 0 radical (unpaired) electrons. The number of unbranched alkanes of at least 4 members (excludes halogenated alkanes) is 1. The van der Waals surface area contributed by atoms with Gasteiger partial charge in [0.2, 0.25) is 0 Å². The van der Waals surface area contributed by atoms with Gasteiger partial charge in [0.25, 0.3) is 0 Å². The number of carbonyl (C=O) groups excluding carboxylic acids is 1. The van der Waals surface area contributed by atoms with Crippen molar-refractivity contribution in [2.45, 2.75) is 26.7 Å². The second-order valence-electron chi connectivity index (χ2n) is 4.48. The summed E-state index contributed by atoms with van der Waals surface area (Å²) in [5.41, 5.74) is 0.744. The largest absolute Gasteiger partial charge is 0.494 e. The van der Waals surface area contributed by atoms with Crippen LogP contribution in [-0.4, -0.2) is 12.4 Å². The van der Waals surface area contributed by atoms with E-state index in [0.29, 0.717) is 0 Å². The summed E-state index contributed by atoms with van der Waals surface area (Å²) in [5, 5.41) is 2.18. The van der Waals surface area contributed by atoms with Crippen molar-refractivity contribution in [2.75, 3.05) is 6.61 Å². The number of Topliss-reactive ketones (excluding diaryl/α,β-unsaturated/α-hetero) is 1. The van der Waals surface area contributed by atoms with Gasteiger partial charge in [0.15, 0.2) is 5.78 Å². The first-order chi connectivity index (χ1) is 8.70. The molecule has 0 aliphatic carbocycles. The maximum Gasteiger partial charge on any atom is 0.159 e. The van der Waals surface area contributed by atoms with E-state index >= 15 is 0 Å². The van der Waals surface area contributed by atoms with Crippen LogP contribution >= 0.6 is 0 Å². The van der Waals surface area contributed by atoms with Gasteiger partial charge in [-0.1, -0.05) is 31.5 Å². The fraction of sp³-hybridized carbons (Fsp3) is 0.312. The molecule has 0 heterocycles. The summed E-state index contributed by atoms with van der Waals surface area (Å²) in [6.07, 6.45) is 2.19. The van der Waals surface area contributed by atoms with Crippen LogP contribution in [0.2, 0.25) is 0 Å². The summed E-state index contributed by atoms with van der Waals surface area (Å²) in [4.78, 5) is 11.4. The van der Waals surface area contributed by atoms with E-state index in [1.165, 1.54) is 0 Å². The highest BCUT2D eigenvalue weighted by Gasteiger charge is 2.02. The molecule has 0 saturated heterocycles. The van der Waals surface area contributed by atoms with Gasteiger partial charge in [-0.3, -0.25) is 4.79 Å². The Morgan fingerprint density at radius 3 is 2.61 bits per heavy atom. The Bertz CT molecular complexity index is 558. The van der Waals surface area contributed by atoms with Gasteiger partial charge in [0.1, 0.15) is 5.75 Å². The molecule has 94 valence electrons. The highest BCUT2D eigenvalue weighted by atomic mass is 16.5. The van der Waals surface area contributed by atoms with E-state index in [2.05, 4.69) is 6.92 Å². The Morgan fingerprint density at radius 1 is 1.11 bits per heavy atom. The lowest BCUT2D eigenvalue weighted by Crippen LogP contribution is -1.96. The van der Waals surface area contributed by atoms with Crippen LogP contribution in [0.4, 0.5) is 0 Å². The lowest BCUT2D eigenvalue weighted by Gasteiger charge is -2.07. The molecule has 18 heavy (non-hydrogen) atoms. The van der Waals surface area contributed by atoms with Gasteiger partial charge in [0.05, 0.1) is 6.61 Å². The van der Waals surface area contributed by atoms with Crippen molar-refractivity contribution < 1.29 is 9.53 Å². The maximum atomic E-state index is 11.4. The number of benzene rings is 2. The number of ketones is 1. The summed E-state index contributed by atoms with van der Waals surface area (Å²) in [6, 6.07) is 11.8. The lowest BCUT2D eigenvalue weighted by atomic mass is 10.0. The molecule has 0 aliphatic heterocycles. The molecule has 0 spiro atoms. The number of hydrogen-bond donors (Lipinski definition) is 0. The Balaban J connectivity index is 2.27. The molecule has 0 saturated carbocycles. The summed E-state index contributed by atoms with van der Waals surface area (Å²) in [6.45, 7) is 4.47. The fourth-order valence-corrected chi connectivity index (χ4v) is 1.87. The molecule has 0 N–H and O–H groups in total. The van der Waals surface area contributed by atoms with Crippen LogP contribution < -0.4 is 4.74 Å². The zero-order valence-electron chi connectivity index (χ0n) is 10.9. The second-order valence-corrected chi connectivity index (χ2v) is 4.48. The lowest BCUT2D eigenvalue weighted by molar-refractivity contribution is 0.101. The van der Waals surface area contributed by atoms with Crippen molar-refractivity contribution >= 4 is 16.6 Å². The van der Waals surface area contributed by atoms with E-state index in [9.17, 15) is 4.79 Å². The molecule has 2 nitrogen and oxygen atoms in total. The first kappa shape index (κ1) is 12.6. The van der Waals surface area contributed by atoms with Crippen molar-refractivity contribution in [3.05, 3.63) is 42.0 Å². The molecule has 0 bridgehead atoms. The molecule has 0 amide bonds. The molecule has 0 aliphatic rings. The minimum absolute atomic E-state index is 0.0919. The number of ether oxygens (including phenoxy) is 1. The molecule has 0 aromatic heterocycles. The van der Waals surface area contributed by atoms with Crippen LogP contribution in [0.1, 0.15) is 37.0 Å². The molecule has 2 rings (SSSR count). The third-order valence-electron chi connectivity index (χ3n) is 2.98. The predicted molar refractivity (Wildman–Crippen MR) is 74.4 cm³/mol. The molecule has 0 unspecified atom stereocenters. The Labute approximate surface area is 108 Å². The number of hydrogen-bond acceptors (Lipinski definition) is 2. The first-order valence-corrected chi connectivity index (χ1v) is 6.38. The van der Waals surface area contributed by atoms with Gasteiger partial charge >= 0.3 is 0 Å². The van der Waals surface area contributed by atoms with E-state index in [-0.39, 0.29) is 5.78 Å². The second kappa shape index (κ2) is 5.67. The van der Waals surface area contributed by atoms with E-state index < -0.39 is 0 Å². The van der Waals surface area contributed by atoms with Gasteiger partial charge in [-0.25, -0.2) is 0 Å². The average Bonchev–Trinajstić information content (AvgIpc) is 2.38. The van der Waals surface area contributed by atoms with Crippen LogP contribution in [0.3, 0.4) is 0 Å². The van der Waals surface area contributed by atoms with Crippen molar-refractivity contribution in [3.8, 4) is 5.75 Å². The summed E-state index contributed by atoms with van der Waals surface area (Å²) in [7, 11) is 0. The summed E-state index contributed by atoms with van der Waals surface area (Å²) >= 11 is 0. The third kappa shape index (κ3) is 2.89. The fourth-order valence-electron chi connectivity index (χ4n) is 1.87. The SMILES string of the molecule is CCCCOc1ccc2ccc(C(C)=O)cc2c1. The van der Waals surface area contributed by atoms with E-state index in [1.54, 1.807) is 6.92 Å². The zero-order valence-corrected chi connectivity index (χ0v) is 10.9. The first-order valence-electron chi connectivity index (χ1n) is 6.38. The van der Waals surface area contributed by atoms with Gasteiger partial charge in [-0.15, -0.1) is 0 Å². The monoisotopic (exact) mass is 242 g/mol. The summed E-state index contributed by atoms with van der Waals surface area (Å²) in [5.74, 6) is 0.964. The minimum atomic E-state index is 0.0919. The smallest absolute Gasteiger partial charge is 0.159 e. The van der Waals surface area contributed by atoms with Crippen molar-refractivity contribution in [3.63, 3.8) is 0 Å². The van der Waals surface area contributed by atoms with Gasteiger partial charge in [0, 0.05) is 5.56 Å². The standard InChI is InChI=1S/C16H18O2/c1-3-4-9-18-16-8-7-13-5-6-14(12(2)17)10-15(13)11-16/h5-8,10-11H,3-4,9H2,1-2H3. The molecular formula is C16H18O2. The van der Waals surface area contributed by atoms with Crippen LogP contribution in [0.5, 0.6) is 5.75 Å². The molecular weight excluding hydrogens is 224 g/mol. The molecule has 2 aromatic rings. The number of carbonyl (C=O) groups is 1. The van der Waals surface area contributed by atoms with Crippen LogP contribution in [-0.2, 0) is 0 Å². The normalized spacial score (nSPS) is 10.6. The van der Waals surface area contributed by atoms with Crippen LogP contribution in [0, 0.1) is 0 Å². The van der Waals surface area contributed by atoms with E-state index in [4.69, 9.17) is 4.74 Å². The van der Waals surface area contributed by atoms with Gasteiger partial charge in [-0.05, 0) is 42.3 Å². The highest BCUT2D eigenvalue weighted by molar-refractivity contribution is 5.98. The predicted octanol–water partition coefficient (Wildman–Crippen LogP) is 4.22. The molecule has 0 atom stereocenters. The van der Waals surface area contributed by atoms with Crippen molar-refractivity contribution in [1.82, 2.24) is 0 Å². The average molecular weight is 242 g/mol. The quantitative estimate of drug-likeness (QED) is 0.579. The van der Waals surface area contributed by atoms with E-state index in [0.717, 1.165) is 41.5 Å². The third-order valence-corrected chi connectivity index (χ3v) is 2.98. The molecule has 2 heteroatoms. The molecule has 2 aromatic carbocycles. The van der Waals surface area contributed by atoms with Crippen LogP contribution in [0.15, 0.2) is 36.4 Å². The van der Waals surface area contributed by atoms with Gasteiger partial charge < -0.3 is 4.74 Å².